The summed E-state index contributed by atoms with van der Waals surface area (Å²) in [4.78, 5) is 28.7. The summed E-state index contributed by atoms with van der Waals surface area (Å²) < 4.78 is 5.70. The molecule has 0 aliphatic heterocycles. The summed E-state index contributed by atoms with van der Waals surface area (Å²) >= 11 is 0. The average Bonchev–Trinajstić information content (AvgIpc) is 2.87. The third kappa shape index (κ3) is 5.95. The van der Waals surface area contributed by atoms with Gasteiger partial charge in [0.25, 0.3) is 11.8 Å². The molecule has 0 saturated carbocycles. The van der Waals surface area contributed by atoms with Crippen molar-refractivity contribution >= 4 is 23.2 Å². The molecule has 4 aromatic rings. The van der Waals surface area contributed by atoms with Crippen molar-refractivity contribution < 1.29 is 14.3 Å². The van der Waals surface area contributed by atoms with Crippen molar-refractivity contribution in [2.45, 2.75) is 0 Å². The number of carbonyl (C=O) groups is 2. The Balaban J connectivity index is 1.31. The summed E-state index contributed by atoms with van der Waals surface area (Å²) in [7, 11) is 0. The highest BCUT2D eigenvalue weighted by Crippen LogP contribution is 2.29. The van der Waals surface area contributed by atoms with E-state index in [9.17, 15) is 9.59 Å². The maximum absolute atomic E-state index is 12.5. The fourth-order valence-corrected chi connectivity index (χ4v) is 3.17. The number of anilines is 2. The molecular weight excluding hydrogens is 416 g/mol. The van der Waals surface area contributed by atoms with E-state index in [2.05, 4.69) is 21.2 Å². The van der Waals surface area contributed by atoms with Crippen LogP contribution in [0.5, 0.6) is 5.75 Å². The highest BCUT2D eigenvalue weighted by Gasteiger charge is 2.11. The van der Waals surface area contributed by atoms with Gasteiger partial charge in [0.05, 0.1) is 0 Å². The number of ether oxygens (including phenoxy) is 1. The minimum absolute atomic E-state index is 0.242. The van der Waals surface area contributed by atoms with E-state index in [1.165, 1.54) is 0 Å². The first-order valence-electron chi connectivity index (χ1n) is 10.3. The van der Waals surface area contributed by atoms with E-state index in [1.807, 2.05) is 66.7 Å². The topological polar surface area (TPSA) is 92.4 Å². The molecule has 0 spiro atoms. The lowest BCUT2D eigenvalue weighted by molar-refractivity contribution is -0.123. The maximum Gasteiger partial charge on any atom is 0.276 e. The number of rotatable bonds is 7. The molecule has 33 heavy (non-hydrogen) atoms. The van der Waals surface area contributed by atoms with E-state index in [1.54, 1.807) is 36.7 Å². The molecule has 4 rings (SSSR count). The van der Waals surface area contributed by atoms with E-state index in [4.69, 9.17) is 4.74 Å². The molecule has 0 atom stereocenters. The number of hydrazine groups is 1. The molecule has 1 heterocycles. The first-order valence-corrected chi connectivity index (χ1v) is 10.3. The van der Waals surface area contributed by atoms with E-state index in [0.717, 1.165) is 22.5 Å². The Morgan fingerprint density at radius 1 is 0.758 bits per heavy atom. The fraction of sp³-hybridized carbons (Fsp3) is 0.0385. The first-order chi connectivity index (χ1) is 16.2. The number of pyridine rings is 1. The molecule has 164 valence electrons. The molecule has 2 amide bonds. The van der Waals surface area contributed by atoms with Gasteiger partial charge in [-0.25, -0.2) is 0 Å². The Hall–Kier alpha value is -4.65. The van der Waals surface area contributed by atoms with Crippen molar-refractivity contribution in [1.82, 2.24) is 15.8 Å². The van der Waals surface area contributed by atoms with Gasteiger partial charge in [-0.3, -0.25) is 25.4 Å². The van der Waals surface area contributed by atoms with Crippen LogP contribution in [0.1, 0.15) is 10.4 Å². The lowest BCUT2D eigenvalue weighted by Gasteiger charge is -2.12. The summed E-state index contributed by atoms with van der Waals surface area (Å²) in [5.41, 5.74) is 8.66. The molecular formula is C26H22N4O3. The van der Waals surface area contributed by atoms with Gasteiger partial charge in [-0.15, -0.1) is 0 Å². The van der Waals surface area contributed by atoms with Crippen LogP contribution in [0.3, 0.4) is 0 Å². The minimum Gasteiger partial charge on any atom is -0.483 e. The lowest BCUT2D eigenvalue weighted by atomic mass is 10.1. The van der Waals surface area contributed by atoms with Crippen molar-refractivity contribution in [2.24, 2.45) is 0 Å². The fourth-order valence-electron chi connectivity index (χ4n) is 3.17. The van der Waals surface area contributed by atoms with Crippen LogP contribution in [-0.2, 0) is 4.79 Å². The van der Waals surface area contributed by atoms with Crippen LogP contribution in [0.25, 0.3) is 11.1 Å². The predicted molar refractivity (Wildman–Crippen MR) is 127 cm³/mol. The molecule has 0 aliphatic rings. The van der Waals surface area contributed by atoms with Gasteiger partial charge < -0.3 is 10.1 Å². The largest absolute Gasteiger partial charge is 0.483 e. The Morgan fingerprint density at radius 2 is 1.52 bits per heavy atom. The van der Waals surface area contributed by atoms with Gasteiger partial charge in [-0.05, 0) is 42.0 Å². The molecule has 3 N–H and O–H groups in total. The second-order valence-corrected chi connectivity index (χ2v) is 7.09. The summed E-state index contributed by atoms with van der Waals surface area (Å²) in [6, 6.07) is 27.8. The minimum atomic E-state index is -0.475. The molecule has 7 heteroatoms. The molecule has 0 fully saturated rings. The van der Waals surface area contributed by atoms with E-state index in [-0.39, 0.29) is 6.61 Å². The summed E-state index contributed by atoms with van der Waals surface area (Å²) in [6.45, 7) is -0.242. The van der Waals surface area contributed by atoms with Crippen molar-refractivity contribution in [3.63, 3.8) is 0 Å². The number of benzene rings is 3. The normalized spacial score (nSPS) is 10.2. The molecule has 0 unspecified atom stereocenters. The highest BCUT2D eigenvalue weighted by atomic mass is 16.5. The Kier molecular flexibility index (Phi) is 6.92. The first kappa shape index (κ1) is 21.6. The van der Waals surface area contributed by atoms with Gasteiger partial charge in [-0.2, -0.15) is 0 Å². The third-order valence-electron chi connectivity index (χ3n) is 4.74. The van der Waals surface area contributed by atoms with Gasteiger partial charge in [0, 0.05) is 34.9 Å². The Labute approximate surface area is 191 Å². The van der Waals surface area contributed by atoms with Crippen molar-refractivity contribution in [1.29, 1.82) is 0 Å². The number of amides is 2. The van der Waals surface area contributed by atoms with Crippen LogP contribution in [0.15, 0.2) is 103 Å². The summed E-state index contributed by atoms with van der Waals surface area (Å²) in [5.74, 6) is -0.330. The number of para-hydroxylation sites is 1. The van der Waals surface area contributed by atoms with Crippen LogP contribution < -0.4 is 20.9 Å². The standard InChI is InChI=1S/C26H22N4O3/c31-25(18-33-24-12-5-4-11-23(24)19-7-2-1-3-8-19)29-30-26(32)20-9-6-10-22(17-20)28-21-13-15-27-16-14-21/h1-17H,18H2,(H,27,28)(H,29,31)(H,30,32). The predicted octanol–water partition coefficient (Wildman–Crippen LogP) is 4.33. The SMILES string of the molecule is O=C(COc1ccccc1-c1ccccc1)NNC(=O)c1cccc(Nc2ccncc2)c1. The van der Waals surface area contributed by atoms with Gasteiger partial charge in [0.1, 0.15) is 5.75 Å². The van der Waals surface area contributed by atoms with Crippen LogP contribution in [0, 0.1) is 0 Å². The number of nitrogens with zero attached hydrogens (tertiary/aromatic N) is 1. The molecule has 3 aromatic carbocycles. The average molecular weight is 438 g/mol. The molecule has 1 aromatic heterocycles. The van der Waals surface area contributed by atoms with E-state index >= 15 is 0 Å². The second kappa shape index (κ2) is 10.6. The smallest absolute Gasteiger partial charge is 0.276 e. The Bertz CT molecular complexity index is 1230. The lowest BCUT2D eigenvalue weighted by Crippen LogP contribution is -2.43. The number of nitrogens with one attached hydrogen (secondary N) is 3. The highest BCUT2D eigenvalue weighted by molar-refractivity contribution is 5.96. The van der Waals surface area contributed by atoms with E-state index in [0.29, 0.717) is 11.3 Å². The number of hydrogen-bond donors (Lipinski definition) is 3. The van der Waals surface area contributed by atoms with Crippen LogP contribution in [-0.4, -0.2) is 23.4 Å². The molecule has 0 radical (unpaired) electrons. The quantitative estimate of drug-likeness (QED) is 0.374. The van der Waals surface area contributed by atoms with Crippen molar-refractivity contribution in [2.75, 3.05) is 11.9 Å². The zero-order chi connectivity index (χ0) is 22.9. The van der Waals surface area contributed by atoms with Gasteiger partial charge in [-0.1, -0.05) is 54.6 Å². The summed E-state index contributed by atoms with van der Waals surface area (Å²) in [6.07, 6.45) is 3.35. The van der Waals surface area contributed by atoms with Crippen LogP contribution >= 0.6 is 0 Å². The zero-order valence-electron chi connectivity index (χ0n) is 17.7. The second-order valence-electron chi connectivity index (χ2n) is 7.09. The number of hydrogen-bond acceptors (Lipinski definition) is 5. The van der Waals surface area contributed by atoms with Crippen molar-refractivity contribution in [3.8, 4) is 16.9 Å². The van der Waals surface area contributed by atoms with Gasteiger partial charge in [0.2, 0.25) is 0 Å². The monoisotopic (exact) mass is 438 g/mol. The Morgan fingerprint density at radius 3 is 2.33 bits per heavy atom. The van der Waals surface area contributed by atoms with Crippen LogP contribution in [0.4, 0.5) is 11.4 Å². The zero-order valence-corrected chi connectivity index (χ0v) is 17.7. The third-order valence-corrected chi connectivity index (χ3v) is 4.74. The molecule has 7 nitrogen and oxygen atoms in total. The van der Waals surface area contributed by atoms with Crippen LogP contribution in [0.2, 0.25) is 0 Å². The molecule has 0 saturated heterocycles. The summed E-state index contributed by atoms with van der Waals surface area (Å²) in [5, 5.41) is 3.19. The molecule has 0 bridgehead atoms. The van der Waals surface area contributed by atoms with E-state index < -0.39 is 11.8 Å². The molecule has 0 aliphatic carbocycles. The number of carbonyl (C=O) groups excluding carboxylic acids is 2. The maximum atomic E-state index is 12.5. The van der Waals surface area contributed by atoms with Gasteiger partial charge >= 0.3 is 0 Å². The van der Waals surface area contributed by atoms with Gasteiger partial charge in [0.15, 0.2) is 6.61 Å². The van der Waals surface area contributed by atoms with Crippen molar-refractivity contribution in [3.05, 3.63) is 109 Å². The number of aromatic nitrogens is 1.